The van der Waals surface area contributed by atoms with E-state index in [1.54, 1.807) is 13.8 Å². The Bertz CT molecular complexity index is 1030. The van der Waals surface area contributed by atoms with E-state index in [0.717, 1.165) is 11.1 Å². The van der Waals surface area contributed by atoms with Crippen LogP contribution in [-0.2, 0) is 23.2 Å². The summed E-state index contributed by atoms with van der Waals surface area (Å²) in [5.74, 6) is 0.991. The van der Waals surface area contributed by atoms with Crippen LogP contribution >= 0.6 is 11.6 Å². The third-order valence-corrected chi connectivity index (χ3v) is 6.58. The molecule has 0 aliphatic carbocycles. The Morgan fingerprint density at radius 1 is 1.04 bits per heavy atom. The molecule has 0 aliphatic rings. The van der Waals surface area contributed by atoms with Crippen molar-refractivity contribution >= 4 is 21.6 Å². The summed E-state index contributed by atoms with van der Waals surface area (Å²) in [6.07, 6.45) is 0. The van der Waals surface area contributed by atoms with Crippen molar-refractivity contribution in [2.75, 3.05) is 7.05 Å². The Hall–Kier alpha value is -2.35. The number of hydrogen-bond donors (Lipinski definition) is 0. The Morgan fingerprint density at radius 2 is 1.64 bits per heavy atom. The highest BCUT2D eigenvalue weighted by Crippen LogP contribution is 2.24. The molecule has 0 spiro atoms. The first-order valence-corrected chi connectivity index (χ1v) is 10.4. The van der Waals surface area contributed by atoms with Crippen molar-refractivity contribution in [3.63, 3.8) is 0 Å². The van der Waals surface area contributed by atoms with Crippen molar-refractivity contribution in [3.05, 3.63) is 76.1 Å². The molecule has 0 atom stereocenters. The number of aromatic nitrogens is 1. The van der Waals surface area contributed by atoms with E-state index in [0.29, 0.717) is 23.1 Å². The van der Waals surface area contributed by atoms with Gasteiger partial charge in [0.05, 0.1) is 0 Å². The standard InChI is InChI=1S/C20H21ClN2O4S/c1-14-20(15(2)27-22-14)28(24,25)23(3)12-16-6-10-19(11-7-16)26-13-17-4-8-18(21)9-5-17/h4-11H,12-13H2,1-3H3. The first kappa shape index (κ1) is 20.4. The van der Waals surface area contributed by atoms with Crippen LogP contribution in [0.3, 0.4) is 0 Å². The zero-order chi connectivity index (χ0) is 20.3. The zero-order valence-electron chi connectivity index (χ0n) is 15.8. The number of halogens is 1. The molecule has 6 nitrogen and oxygen atoms in total. The van der Waals surface area contributed by atoms with Gasteiger partial charge in [0.15, 0.2) is 5.76 Å². The lowest BCUT2D eigenvalue weighted by molar-refractivity contribution is 0.306. The van der Waals surface area contributed by atoms with Gasteiger partial charge >= 0.3 is 0 Å². The van der Waals surface area contributed by atoms with Crippen molar-refractivity contribution in [2.24, 2.45) is 0 Å². The van der Waals surface area contributed by atoms with Gasteiger partial charge in [-0.2, -0.15) is 4.31 Å². The quantitative estimate of drug-likeness (QED) is 0.568. The van der Waals surface area contributed by atoms with E-state index in [9.17, 15) is 8.42 Å². The molecule has 0 amide bonds. The fourth-order valence-electron chi connectivity index (χ4n) is 2.78. The lowest BCUT2D eigenvalue weighted by Gasteiger charge is -2.17. The first-order valence-electron chi connectivity index (χ1n) is 8.63. The lowest BCUT2D eigenvalue weighted by atomic mass is 10.2. The van der Waals surface area contributed by atoms with E-state index in [4.69, 9.17) is 20.9 Å². The molecule has 3 rings (SSSR count). The van der Waals surface area contributed by atoms with Gasteiger partial charge in [0, 0.05) is 18.6 Å². The number of hydrogen-bond acceptors (Lipinski definition) is 5. The van der Waals surface area contributed by atoms with Crippen LogP contribution < -0.4 is 4.74 Å². The molecule has 0 aliphatic heterocycles. The molecule has 0 bridgehead atoms. The summed E-state index contributed by atoms with van der Waals surface area (Å²) in [5.41, 5.74) is 2.21. The first-order chi connectivity index (χ1) is 13.3. The fraction of sp³-hybridized carbons (Fsp3) is 0.250. The molecule has 2 aromatic carbocycles. The molecule has 3 aromatic rings. The monoisotopic (exact) mass is 420 g/mol. The lowest BCUT2D eigenvalue weighted by Crippen LogP contribution is -2.27. The van der Waals surface area contributed by atoms with E-state index in [1.165, 1.54) is 11.4 Å². The number of rotatable bonds is 7. The number of benzene rings is 2. The maximum atomic E-state index is 12.8. The molecule has 0 radical (unpaired) electrons. The molecular weight excluding hydrogens is 400 g/mol. The minimum Gasteiger partial charge on any atom is -0.489 e. The van der Waals surface area contributed by atoms with Gasteiger partial charge in [-0.3, -0.25) is 0 Å². The molecule has 1 heterocycles. The molecule has 8 heteroatoms. The van der Waals surface area contributed by atoms with Crippen LogP contribution in [0.1, 0.15) is 22.6 Å². The Balaban J connectivity index is 1.64. The normalized spacial score (nSPS) is 11.8. The largest absolute Gasteiger partial charge is 0.489 e. The van der Waals surface area contributed by atoms with Gasteiger partial charge in [-0.25, -0.2) is 8.42 Å². The van der Waals surface area contributed by atoms with E-state index >= 15 is 0 Å². The summed E-state index contributed by atoms with van der Waals surface area (Å²) in [7, 11) is -2.15. The molecule has 0 unspecified atom stereocenters. The predicted molar refractivity (Wildman–Crippen MR) is 107 cm³/mol. The molecular formula is C20H21ClN2O4S. The van der Waals surface area contributed by atoms with Crippen LogP contribution in [-0.4, -0.2) is 24.9 Å². The highest BCUT2D eigenvalue weighted by molar-refractivity contribution is 7.89. The smallest absolute Gasteiger partial charge is 0.248 e. The van der Waals surface area contributed by atoms with E-state index in [2.05, 4.69) is 5.16 Å². The van der Waals surface area contributed by atoms with Crippen LogP contribution in [0.2, 0.25) is 5.02 Å². The van der Waals surface area contributed by atoms with Crippen LogP contribution in [0.15, 0.2) is 57.9 Å². The van der Waals surface area contributed by atoms with Crippen molar-refractivity contribution in [3.8, 4) is 5.75 Å². The second-order valence-corrected chi connectivity index (χ2v) is 8.89. The van der Waals surface area contributed by atoms with Crippen LogP contribution in [0.4, 0.5) is 0 Å². The Morgan fingerprint density at radius 3 is 2.21 bits per heavy atom. The summed E-state index contributed by atoms with van der Waals surface area (Å²) in [6.45, 7) is 3.86. The maximum absolute atomic E-state index is 12.8. The average Bonchev–Trinajstić information content (AvgIpc) is 3.01. The van der Waals surface area contributed by atoms with Gasteiger partial charge in [0.2, 0.25) is 10.0 Å². The Labute approximate surface area is 169 Å². The number of sulfonamides is 1. The third-order valence-electron chi connectivity index (χ3n) is 4.28. The fourth-order valence-corrected chi connectivity index (χ4v) is 4.35. The predicted octanol–water partition coefficient (Wildman–Crippen LogP) is 4.34. The highest BCUT2D eigenvalue weighted by atomic mass is 35.5. The van der Waals surface area contributed by atoms with E-state index in [-0.39, 0.29) is 17.2 Å². The number of nitrogens with zero attached hydrogens (tertiary/aromatic N) is 2. The minimum atomic E-state index is -3.68. The third kappa shape index (κ3) is 4.55. The minimum absolute atomic E-state index is 0.123. The number of ether oxygens (including phenoxy) is 1. The maximum Gasteiger partial charge on any atom is 0.248 e. The molecule has 28 heavy (non-hydrogen) atoms. The highest BCUT2D eigenvalue weighted by Gasteiger charge is 2.28. The van der Waals surface area contributed by atoms with Gasteiger partial charge in [0.25, 0.3) is 0 Å². The molecule has 0 saturated carbocycles. The second kappa shape index (κ2) is 8.34. The van der Waals surface area contributed by atoms with Gasteiger partial charge in [-0.05, 0) is 49.2 Å². The summed E-state index contributed by atoms with van der Waals surface area (Å²) >= 11 is 5.87. The van der Waals surface area contributed by atoms with Crippen LogP contribution in [0.25, 0.3) is 0 Å². The van der Waals surface area contributed by atoms with Crippen molar-refractivity contribution in [2.45, 2.75) is 31.9 Å². The van der Waals surface area contributed by atoms with Gasteiger partial charge < -0.3 is 9.26 Å². The van der Waals surface area contributed by atoms with Crippen LogP contribution in [0.5, 0.6) is 5.75 Å². The van der Waals surface area contributed by atoms with Gasteiger partial charge in [-0.15, -0.1) is 0 Å². The number of aryl methyl sites for hydroxylation is 2. The molecule has 0 fully saturated rings. The molecule has 148 valence electrons. The topological polar surface area (TPSA) is 72.6 Å². The van der Waals surface area contributed by atoms with E-state index < -0.39 is 10.0 Å². The molecule has 1 aromatic heterocycles. The average molecular weight is 421 g/mol. The summed E-state index contributed by atoms with van der Waals surface area (Å²) in [5, 5.41) is 4.41. The zero-order valence-corrected chi connectivity index (χ0v) is 17.4. The van der Waals surface area contributed by atoms with Gasteiger partial charge in [0.1, 0.15) is 22.9 Å². The summed E-state index contributed by atoms with van der Waals surface area (Å²) in [4.78, 5) is 0.123. The SMILES string of the molecule is Cc1noc(C)c1S(=O)(=O)N(C)Cc1ccc(OCc2ccc(Cl)cc2)cc1. The Kier molecular flexibility index (Phi) is 6.07. The van der Waals surface area contributed by atoms with E-state index in [1.807, 2.05) is 48.5 Å². The van der Waals surface area contributed by atoms with Gasteiger partial charge in [-0.1, -0.05) is 41.0 Å². The summed E-state index contributed by atoms with van der Waals surface area (Å²) < 4.78 is 37.6. The summed E-state index contributed by atoms with van der Waals surface area (Å²) in [6, 6.07) is 14.8. The second-order valence-electron chi connectivity index (χ2n) is 6.47. The van der Waals surface area contributed by atoms with Crippen LogP contribution in [0, 0.1) is 13.8 Å². The van der Waals surface area contributed by atoms with Crippen molar-refractivity contribution < 1.29 is 17.7 Å². The van der Waals surface area contributed by atoms with Crippen molar-refractivity contribution in [1.29, 1.82) is 0 Å². The molecule has 0 saturated heterocycles. The van der Waals surface area contributed by atoms with Crippen molar-refractivity contribution in [1.82, 2.24) is 9.46 Å². The molecule has 0 N–H and O–H groups in total.